The maximum Gasteiger partial charge on any atom is 0.341 e. The lowest BCUT2D eigenvalue weighted by Crippen LogP contribution is -2.46. The number of aromatic nitrogens is 4. The lowest BCUT2D eigenvalue weighted by molar-refractivity contribution is 0.0695. The van der Waals surface area contributed by atoms with Gasteiger partial charge in [-0.05, 0) is 17.7 Å². The smallest absolute Gasteiger partial charge is 0.341 e. The molecule has 10 heteroatoms. The van der Waals surface area contributed by atoms with Crippen LogP contribution < -0.4 is 10.3 Å². The molecule has 0 radical (unpaired) electrons. The van der Waals surface area contributed by atoms with Crippen LogP contribution in [0.15, 0.2) is 47.1 Å². The normalized spacial score (nSPS) is 14.3. The van der Waals surface area contributed by atoms with Crippen LogP contribution in [0.1, 0.15) is 21.8 Å². The predicted molar refractivity (Wildman–Crippen MR) is 106 cm³/mol. The van der Waals surface area contributed by atoms with Gasteiger partial charge < -0.3 is 15.0 Å². The van der Waals surface area contributed by atoms with Gasteiger partial charge in [-0.25, -0.2) is 19.2 Å². The fraction of sp³-hybridized carbons (Fsp3) is 0.158. The number of carbonyl (C=O) groups is 1. The molecule has 2 N–H and O–H groups in total. The highest BCUT2D eigenvalue weighted by atomic mass is 32.1. The number of H-pyrrole nitrogens is 1. The molecule has 0 aromatic carbocycles. The number of rotatable bonds is 4. The van der Waals surface area contributed by atoms with Crippen molar-refractivity contribution in [3.63, 3.8) is 0 Å². The third-order valence-corrected chi connectivity index (χ3v) is 5.81. The van der Waals surface area contributed by atoms with Crippen molar-refractivity contribution in [2.24, 2.45) is 0 Å². The van der Waals surface area contributed by atoms with E-state index in [1.165, 1.54) is 22.1 Å². The highest BCUT2D eigenvalue weighted by molar-refractivity contribution is 7.12. The maximum absolute atomic E-state index is 14.8. The number of fused-ring (bicyclic) bond motifs is 1. The Morgan fingerprint density at radius 1 is 1.38 bits per heavy atom. The van der Waals surface area contributed by atoms with Gasteiger partial charge in [0.2, 0.25) is 5.43 Å². The van der Waals surface area contributed by atoms with Crippen LogP contribution in [-0.2, 0) is 0 Å². The first-order valence-electron chi connectivity index (χ1n) is 8.79. The summed E-state index contributed by atoms with van der Waals surface area (Å²) in [6.07, 6.45) is 6.52. The van der Waals surface area contributed by atoms with E-state index in [2.05, 4.69) is 15.0 Å². The van der Waals surface area contributed by atoms with Gasteiger partial charge in [0.25, 0.3) is 0 Å². The average Bonchev–Trinajstić information content (AvgIpc) is 3.35. The number of carboxylic acid groups (broad SMARTS) is 1. The Labute approximate surface area is 166 Å². The van der Waals surface area contributed by atoms with E-state index in [-0.39, 0.29) is 22.8 Å². The monoisotopic (exact) mass is 411 g/mol. The largest absolute Gasteiger partial charge is 0.477 e. The number of aromatic carboxylic acids is 1. The van der Waals surface area contributed by atoms with Gasteiger partial charge in [0.05, 0.1) is 5.39 Å². The molecule has 0 bridgehead atoms. The molecule has 1 aliphatic rings. The van der Waals surface area contributed by atoms with Crippen LogP contribution >= 0.6 is 11.3 Å². The van der Waals surface area contributed by atoms with Crippen molar-refractivity contribution in [1.29, 1.82) is 0 Å². The summed E-state index contributed by atoms with van der Waals surface area (Å²) in [4.78, 5) is 37.5. The summed E-state index contributed by atoms with van der Waals surface area (Å²) in [6, 6.07) is 3.06. The number of aromatic amines is 1. The summed E-state index contributed by atoms with van der Waals surface area (Å²) in [7, 11) is 0. The number of anilines is 1. The predicted octanol–water partition coefficient (Wildman–Crippen LogP) is 2.61. The quantitative estimate of drug-likeness (QED) is 0.535. The Morgan fingerprint density at radius 3 is 2.86 bits per heavy atom. The zero-order valence-electron chi connectivity index (χ0n) is 14.9. The summed E-state index contributed by atoms with van der Waals surface area (Å²) < 4.78 is 16.3. The third-order valence-electron chi connectivity index (χ3n) is 5.04. The van der Waals surface area contributed by atoms with E-state index in [0.717, 1.165) is 11.6 Å². The highest BCUT2D eigenvalue weighted by Gasteiger charge is 2.32. The zero-order chi connectivity index (χ0) is 20.1. The standard InChI is InChI=1S/C19H14FN5O3S/c20-14-5-12-15(26)13(18(27)28)9-25(19-22-3-4-29-19)16(12)23-17(14)24-7-11(8-24)10-1-2-21-6-10/h1-6,9,11,21H,7-8H2,(H,27,28). The maximum atomic E-state index is 14.8. The van der Waals surface area contributed by atoms with Crippen LogP contribution in [0.2, 0.25) is 0 Å². The van der Waals surface area contributed by atoms with Gasteiger partial charge >= 0.3 is 5.97 Å². The number of thiazole rings is 1. The van der Waals surface area contributed by atoms with Gasteiger partial charge in [-0.3, -0.25) is 9.36 Å². The molecule has 1 saturated heterocycles. The van der Waals surface area contributed by atoms with Gasteiger partial charge in [-0.2, -0.15) is 0 Å². The number of nitrogens with zero attached hydrogens (tertiary/aromatic N) is 4. The summed E-state index contributed by atoms with van der Waals surface area (Å²) in [5.74, 6) is -1.63. The van der Waals surface area contributed by atoms with E-state index in [9.17, 15) is 19.1 Å². The number of pyridine rings is 2. The SMILES string of the molecule is O=C(O)c1cn(-c2nccs2)c2nc(N3CC(c4cc[nH]c4)C3)c(F)cc2c1=O. The molecule has 0 unspecified atom stereocenters. The second-order valence-corrected chi connectivity index (χ2v) is 7.65. The molecule has 5 heterocycles. The molecule has 1 fully saturated rings. The fourth-order valence-electron chi connectivity index (χ4n) is 3.52. The van der Waals surface area contributed by atoms with Crippen molar-refractivity contribution in [2.75, 3.05) is 18.0 Å². The van der Waals surface area contributed by atoms with E-state index in [1.807, 2.05) is 18.5 Å². The van der Waals surface area contributed by atoms with E-state index in [1.54, 1.807) is 16.5 Å². The Balaban J connectivity index is 1.64. The molecular weight excluding hydrogens is 397 g/mol. The molecule has 0 atom stereocenters. The first-order chi connectivity index (χ1) is 14.0. The molecule has 4 aromatic heterocycles. The summed E-state index contributed by atoms with van der Waals surface area (Å²) in [6.45, 7) is 1.20. The second-order valence-electron chi connectivity index (χ2n) is 6.77. The molecule has 5 rings (SSSR count). The number of halogens is 1. The highest BCUT2D eigenvalue weighted by Crippen LogP contribution is 2.33. The first-order valence-corrected chi connectivity index (χ1v) is 9.67. The topological polar surface area (TPSA) is 104 Å². The molecule has 1 aliphatic heterocycles. The van der Waals surface area contributed by atoms with Crippen LogP contribution in [-0.4, -0.2) is 43.7 Å². The van der Waals surface area contributed by atoms with Crippen molar-refractivity contribution in [3.8, 4) is 5.13 Å². The van der Waals surface area contributed by atoms with Gasteiger partial charge in [0, 0.05) is 49.2 Å². The van der Waals surface area contributed by atoms with E-state index in [4.69, 9.17) is 0 Å². The van der Waals surface area contributed by atoms with Crippen LogP contribution in [0.5, 0.6) is 0 Å². The number of hydrogen-bond acceptors (Lipinski definition) is 6. The Kier molecular flexibility index (Phi) is 3.95. The van der Waals surface area contributed by atoms with Crippen LogP contribution in [0.3, 0.4) is 0 Å². The number of hydrogen-bond donors (Lipinski definition) is 2. The molecule has 8 nitrogen and oxygen atoms in total. The van der Waals surface area contributed by atoms with Crippen molar-refractivity contribution in [3.05, 3.63) is 69.5 Å². The summed E-state index contributed by atoms with van der Waals surface area (Å²) in [5.41, 5.74) is 0.0925. The molecule has 0 spiro atoms. The lowest BCUT2D eigenvalue weighted by Gasteiger charge is -2.40. The minimum atomic E-state index is -1.39. The average molecular weight is 411 g/mol. The van der Waals surface area contributed by atoms with E-state index in [0.29, 0.717) is 18.2 Å². The van der Waals surface area contributed by atoms with Crippen molar-refractivity contribution < 1.29 is 14.3 Å². The van der Waals surface area contributed by atoms with Gasteiger partial charge in [0.1, 0.15) is 5.56 Å². The Morgan fingerprint density at radius 2 is 2.21 bits per heavy atom. The molecular formula is C19H14FN5O3S. The van der Waals surface area contributed by atoms with Crippen LogP contribution in [0, 0.1) is 5.82 Å². The van der Waals surface area contributed by atoms with Gasteiger partial charge in [-0.1, -0.05) is 0 Å². The molecule has 0 amide bonds. The summed E-state index contributed by atoms with van der Waals surface area (Å²) >= 11 is 1.26. The molecule has 4 aromatic rings. The second kappa shape index (κ2) is 6.52. The van der Waals surface area contributed by atoms with E-state index >= 15 is 0 Å². The van der Waals surface area contributed by atoms with Gasteiger partial charge in [-0.15, -0.1) is 11.3 Å². The minimum Gasteiger partial charge on any atom is -0.477 e. The van der Waals surface area contributed by atoms with Crippen LogP contribution in [0.25, 0.3) is 16.2 Å². The van der Waals surface area contributed by atoms with Crippen molar-refractivity contribution in [2.45, 2.75) is 5.92 Å². The van der Waals surface area contributed by atoms with Crippen LogP contribution in [0.4, 0.5) is 10.2 Å². The van der Waals surface area contributed by atoms with E-state index < -0.39 is 22.8 Å². The van der Waals surface area contributed by atoms with Gasteiger partial charge in [0.15, 0.2) is 22.4 Å². The summed E-state index contributed by atoms with van der Waals surface area (Å²) in [5, 5.41) is 11.4. The number of nitrogens with one attached hydrogen (secondary N) is 1. The minimum absolute atomic E-state index is 0.0935. The fourth-order valence-corrected chi connectivity index (χ4v) is 4.14. The Hall–Kier alpha value is -3.53. The molecule has 0 aliphatic carbocycles. The van der Waals surface area contributed by atoms with Crippen molar-refractivity contribution >= 4 is 34.2 Å². The lowest BCUT2D eigenvalue weighted by atomic mass is 9.93. The molecule has 146 valence electrons. The number of carboxylic acids is 1. The zero-order valence-corrected chi connectivity index (χ0v) is 15.7. The molecule has 29 heavy (non-hydrogen) atoms. The molecule has 0 saturated carbocycles. The Bertz CT molecular complexity index is 1280. The third kappa shape index (κ3) is 2.80. The van der Waals surface area contributed by atoms with Crippen molar-refractivity contribution in [1.82, 2.24) is 19.5 Å². The first kappa shape index (κ1) is 17.6.